The Hall–Kier alpha value is 0.390. The van der Waals surface area contributed by atoms with E-state index >= 15 is 0 Å². The highest BCUT2D eigenvalue weighted by molar-refractivity contribution is 7.58. The highest BCUT2D eigenvalue weighted by Gasteiger charge is 2.12. The minimum Gasteiger partial charge on any atom is -0.196 e. The molecule has 0 saturated carbocycles. The number of nitrogens with zero attached hydrogens (tertiary/aromatic N) is 1. The zero-order valence-electron chi connectivity index (χ0n) is 5.51. The van der Waals surface area contributed by atoms with Crippen molar-refractivity contribution in [2.24, 2.45) is 4.52 Å². The molecule has 0 rings (SSSR count). The highest BCUT2D eigenvalue weighted by atomic mass is 31.2. The summed E-state index contributed by atoms with van der Waals surface area (Å²) in [5.74, 6) is 0. The van der Waals surface area contributed by atoms with Gasteiger partial charge >= 0.3 is 8.02 Å². The fourth-order valence-electron chi connectivity index (χ4n) is 0.232. The quantitative estimate of drug-likeness (QED) is 0.573. The van der Waals surface area contributed by atoms with E-state index in [2.05, 4.69) is 4.52 Å². The predicted octanol–water partition coefficient (Wildman–Crippen LogP) is 3.86. The average molecular weight is 172 g/mol. The number of rotatable bonds is 3. The van der Waals surface area contributed by atoms with Gasteiger partial charge in [0.1, 0.15) is 0 Å². The Labute approximate surface area is 56.4 Å². The van der Waals surface area contributed by atoms with Gasteiger partial charge in [-0.25, -0.2) is 0 Å². The van der Waals surface area contributed by atoms with Crippen LogP contribution in [0.3, 0.4) is 0 Å². The zero-order valence-corrected chi connectivity index (χ0v) is 7.30. The maximum atomic E-state index is 12.2. The summed E-state index contributed by atoms with van der Waals surface area (Å²) < 4.78 is 27.8. The van der Waals surface area contributed by atoms with Crippen LogP contribution in [0.5, 0.6) is 0 Å². The van der Waals surface area contributed by atoms with E-state index in [0.717, 1.165) is 0 Å². The molecule has 0 saturated heterocycles. The van der Waals surface area contributed by atoms with E-state index < -0.39 is 16.4 Å². The third-order valence-electron chi connectivity index (χ3n) is 0.716. The van der Waals surface area contributed by atoms with Crippen molar-refractivity contribution in [3.63, 3.8) is 0 Å². The third kappa shape index (κ3) is 4.87. The molecule has 54 valence electrons. The summed E-state index contributed by atoms with van der Waals surface area (Å²) in [5.41, 5.74) is 0. The number of hydrogen-bond acceptors (Lipinski definition) is 1. The first-order valence-corrected chi connectivity index (χ1v) is 5.53. The normalized spacial score (nSPS) is 15.8. The number of hydrogen-bond donors (Lipinski definition) is 0. The maximum Gasteiger partial charge on any atom is 0.431 e. The van der Waals surface area contributed by atoms with E-state index in [1.807, 2.05) is 0 Å². The van der Waals surface area contributed by atoms with Gasteiger partial charge in [-0.05, 0) is 11.4 Å². The lowest BCUT2D eigenvalue weighted by Gasteiger charge is -1.85. The summed E-state index contributed by atoms with van der Waals surface area (Å²) in [4.78, 5) is 0. The smallest absolute Gasteiger partial charge is 0.196 e. The van der Waals surface area contributed by atoms with Gasteiger partial charge in [0.05, 0.1) is 0 Å². The highest BCUT2D eigenvalue weighted by Crippen LogP contribution is 2.46. The predicted molar refractivity (Wildman–Crippen MR) is 39.6 cm³/mol. The van der Waals surface area contributed by atoms with Crippen molar-refractivity contribution in [1.29, 1.82) is 0 Å². The van der Waals surface area contributed by atoms with Crippen LogP contribution in [0.1, 0.15) is 13.8 Å². The van der Waals surface area contributed by atoms with Crippen LogP contribution in [-0.4, -0.2) is 12.3 Å². The van der Waals surface area contributed by atoms with Crippen LogP contribution in [0, 0.1) is 0 Å². The van der Waals surface area contributed by atoms with Gasteiger partial charge in [0.2, 0.25) is 0 Å². The van der Waals surface area contributed by atoms with Crippen LogP contribution >= 0.6 is 16.4 Å². The molecule has 0 radical (unpaired) electrons. The minimum absolute atomic E-state index is 0.345. The Morgan fingerprint density at radius 1 is 1.56 bits per heavy atom. The monoisotopic (exact) mass is 172 g/mol. The molecule has 0 aliphatic carbocycles. The van der Waals surface area contributed by atoms with Crippen molar-refractivity contribution in [3.05, 3.63) is 0 Å². The fraction of sp³-hybridized carbons (Fsp3) is 1.00. The van der Waals surface area contributed by atoms with Gasteiger partial charge in [0.25, 0.3) is 8.38 Å². The standard InChI is InChI=1S/C4H10F2NP2/c1-3-8(5)7-9(6)4-2/h3-4H2,1-2H3/q+1. The Morgan fingerprint density at radius 2 is 2.11 bits per heavy atom. The molecule has 0 amide bonds. The summed E-state index contributed by atoms with van der Waals surface area (Å²) in [5, 5.41) is 0. The van der Waals surface area contributed by atoms with Crippen molar-refractivity contribution in [3.8, 4) is 0 Å². The van der Waals surface area contributed by atoms with Crippen molar-refractivity contribution in [2.45, 2.75) is 13.8 Å². The molecule has 2 unspecified atom stereocenters. The Balaban J connectivity index is 3.64. The molecule has 0 aromatic rings. The van der Waals surface area contributed by atoms with Gasteiger partial charge in [-0.15, -0.1) is 0 Å². The van der Waals surface area contributed by atoms with Crippen LogP contribution in [0.2, 0.25) is 0 Å². The molecule has 0 aliphatic heterocycles. The maximum absolute atomic E-state index is 12.2. The van der Waals surface area contributed by atoms with E-state index in [1.54, 1.807) is 13.8 Å². The van der Waals surface area contributed by atoms with Crippen LogP contribution in [-0.2, 0) is 0 Å². The molecular formula is C4H10F2NP2+. The van der Waals surface area contributed by atoms with Gasteiger partial charge in [-0.2, -0.15) is 4.20 Å². The molecule has 5 heteroatoms. The van der Waals surface area contributed by atoms with Crippen molar-refractivity contribution < 1.29 is 8.39 Å². The molecular weight excluding hydrogens is 162 g/mol. The molecule has 0 aromatic heterocycles. The van der Waals surface area contributed by atoms with Crippen LogP contribution < -0.4 is 0 Å². The van der Waals surface area contributed by atoms with Crippen molar-refractivity contribution in [1.82, 2.24) is 0 Å². The molecule has 0 bridgehead atoms. The second-order valence-corrected chi connectivity index (χ2v) is 4.72. The largest absolute Gasteiger partial charge is 0.431 e. The Morgan fingerprint density at radius 3 is 2.44 bits per heavy atom. The third-order valence-corrected chi connectivity index (χ3v) is 3.31. The second-order valence-electron chi connectivity index (χ2n) is 1.39. The first-order chi connectivity index (χ1) is 4.20. The lowest BCUT2D eigenvalue weighted by molar-refractivity contribution is 0.876. The van der Waals surface area contributed by atoms with Crippen LogP contribution in [0.25, 0.3) is 0 Å². The second kappa shape index (κ2) is 5.20. The molecule has 0 aliphatic rings. The average Bonchev–Trinajstić information content (AvgIpc) is 1.87. The lowest BCUT2D eigenvalue weighted by Crippen LogP contribution is -1.62. The van der Waals surface area contributed by atoms with Crippen LogP contribution in [0.4, 0.5) is 8.39 Å². The summed E-state index contributed by atoms with van der Waals surface area (Å²) in [6, 6.07) is 0. The summed E-state index contributed by atoms with van der Waals surface area (Å²) in [6.45, 7) is 3.35. The molecule has 0 heterocycles. The van der Waals surface area contributed by atoms with Gasteiger partial charge < -0.3 is 0 Å². The minimum atomic E-state index is -1.84. The van der Waals surface area contributed by atoms with E-state index in [9.17, 15) is 8.39 Å². The van der Waals surface area contributed by atoms with Gasteiger partial charge in [0.15, 0.2) is 6.16 Å². The number of halogens is 2. The van der Waals surface area contributed by atoms with Crippen molar-refractivity contribution in [2.75, 3.05) is 12.3 Å². The first kappa shape index (κ1) is 9.39. The summed E-state index contributed by atoms with van der Waals surface area (Å²) >= 11 is 0. The molecule has 0 N–H and O–H groups in total. The first-order valence-electron chi connectivity index (χ1n) is 2.78. The molecule has 9 heavy (non-hydrogen) atoms. The lowest BCUT2D eigenvalue weighted by atomic mass is 11.0. The topological polar surface area (TPSA) is 12.4 Å². The van der Waals surface area contributed by atoms with E-state index in [4.69, 9.17) is 0 Å². The molecule has 1 nitrogen and oxygen atoms in total. The van der Waals surface area contributed by atoms with Crippen molar-refractivity contribution >= 4 is 16.4 Å². The zero-order chi connectivity index (χ0) is 7.28. The van der Waals surface area contributed by atoms with Crippen LogP contribution in [0.15, 0.2) is 4.52 Å². The van der Waals surface area contributed by atoms with Gasteiger partial charge in [-0.3, -0.25) is 0 Å². The Bertz CT molecular complexity index is 107. The summed E-state index contributed by atoms with van der Waals surface area (Å²) in [7, 11) is -3.69. The summed E-state index contributed by atoms with van der Waals surface area (Å²) in [6.07, 6.45) is 0.691. The SMILES string of the molecule is CCP(F)N=[P+](F)CC. The van der Waals surface area contributed by atoms with E-state index in [-0.39, 0.29) is 0 Å². The fourth-order valence-corrected chi connectivity index (χ4v) is 2.09. The Kier molecular flexibility index (Phi) is 5.42. The molecule has 0 spiro atoms. The van der Waals surface area contributed by atoms with Gasteiger partial charge in [0, 0.05) is 10.4 Å². The molecule has 2 atom stereocenters. The van der Waals surface area contributed by atoms with E-state index in [0.29, 0.717) is 12.3 Å². The molecule has 0 fully saturated rings. The van der Waals surface area contributed by atoms with E-state index in [1.165, 1.54) is 0 Å². The van der Waals surface area contributed by atoms with Gasteiger partial charge in [-0.1, -0.05) is 6.92 Å². The molecule has 0 aromatic carbocycles.